The van der Waals surface area contributed by atoms with Crippen LogP contribution in [0, 0.1) is 0 Å². The molecule has 0 aliphatic heterocycles. The van der Waals surface area contributed by atoms with Crippen LogP contribution in [0.3, 0.4) is 0 Å². The Morgan fingerprint density at radius 2 is 1.82 bits per heavy atom. The molecule has 17 heavy (non-hydrogen) atoms. The van der Waals surface area contributed by atoms with Gasteiger partial charge in [-0.05, 0) is 25.7 Å². The lowest BCUT2D eigenvalue weighted by Gasteiger charge is -2.22. The number of primary amides is 1. The number of carbonyl (C=O) groups is 2. The van der Waals surface area contributed by atoms with Gasteiger partial charge in [-0.25, -0.2) is 0 Å². The Balaban J connectivity index is 2.07. The molecule has 0 aromatic carbocycles. The summed E-state index contributed by atoms with van der Waals surface area (Å²) in [5.41, 5.74) is 10.8. The fourth-order valence-electron chi connectivity index (χ4n) is 2.29. The smallest absolute Gasteiger partial charge is 0.221 e. The molecular weight excluding hydrogens is 218 g/mol. The average Bonchev–Trinajstić information content (AvgIpc) is 2.63. The van der Waals surface area contributed by atoms with Crippen molar-refractivity contribution in [3.8, 4) is 0 Å². The quantitative estimate of drug-likeness (QED) is 0.563. The highest BCUT2D eigenvalue weighted by atomic mass is 16.2. The second kappa shape index (κ2) is 6.59. The molecular formula is C12H23N3O2. The van der Waals surface area contributed by atoms with Crippen LogP contribution in [0.25, 0.3) is 0 Å². The van der Waals surface area contributed by atoms with E-state index in [1.165, 1.54) is 0 Å². The van der Waals surface area contributed by atoms with Crippen LogP contribution in [0.1, 0.15) is 51.4 Å². The standard InChI is InChI=1S/C12H23N3O2/c13-10(16)5-1-4-8-15-11(17)9-12(14)6-2-3-7-12/h1-9,14H2,(H2,13,16)(H,15,17). The number of rotatable bonds is 7. The van der Waals surface area contributed by atoms with Gasteiger partial charge in [-0.2, -0.15) is 0 Å². The molecule has 1 fully saturated rings. The van der Waals surface area contributed by atoms with Crippen LogP contribution in [-0.2, 0) is 9.59 Å². The van der Waals surface area contributed by atoms with Crippen molar-refractivity contribution in [2.24, 2.45) is 11.5 Å². The third-order valence-corrected chi connectivity index (χ3v) is 3.28. The zero-order valence-electron chi connectivity index (χ0n) is 10.3. The maximum absolute atomic E-state index is 11.6. The number of unbranched alkanes of at least 4 members (excludes halogenated alkanes) is 1. The summed E-state index contributed by atoms with van der Waals surface area (Å²) in [7, 11) is 0. The number of carbonyl (C=O) groups excluding carboxylic acids is 2. The predicted octanol–water partition coefficient (Wildman–Crippen LogP) is 0.420. The van der Waals surface area contributed by atoms with Crippen LogP contribution in [0.5, 0.6) is 0 Å². The van der Waals surface area contributed by atoms with Gasteiger partial charge in [0.15, 0.2) is 0 Å². The van der Waals surface area contributed by atoms with Gasteiger partial charge in [-0.1, -0.05) is 12.8 Å². The van der Waals surface area contributed by atoms with Gasteiger partial charge < -0.3 is 16.8 Å². The first-order valence-corrected chi connectivity index (χ1v) is 6.36. The second-order valence-corrected chi connectivity index (χ2v) is 5.02. The van der Waals surface area contributed by atoms with Crippen molar-refractivity contribution in [2.75, 3.05) is 6.54 Å². The summed E-state index contributed by atoms with van der Waals surface area (Å²) in [5.74, 6) is -0.267. The Hall–Kier alpha value is -1.10. The minimum Gasteiger partial charge on any atom is -0.370 e. The molecule has 1 aliphatic rings. The van der Waals surface area contributed by atoms with E-state index in [0.717, 1.165) is 38.5 Å². The summed E-state index contributed by atoms with van der Waals surface area (Å²) < 4.78 is 0. The molecule has 0 atom stereocenters. The van der Waals surface area contributed by atoms with E-state index >= 15 is 0 Å². The number of amides is 2. The van der Waals surface area contributed by atoms with Gasteiger partial charge in [0.1, 0.15) is 0 Å². The van der Waals surface area contributed by atoms with Gasteiger partial charge in [0.25, 0.3) is 0 Å². The molecule has 0 aromatic heterocycles. The molecule has 0 radical (unpaired) electrons. The molecule has 2 amide bonds. The molecule has 1 rings (SSSR count). The van der Waals surface area contributed by atoms with E-state index < -0.39 is 0 Å². The number of nitrogens with two attached hydrogens (primary N) is 2. The Bertz CT molecular complexity index is 273. The SMILES string of the molecule is NC(=O)CCCCNC(=O)CC1(N)CCCC1. The molecule has 1 aliphatic carbocycles. The topological polar surface area (TPSA) is 98.2 Å². The molecule has 0 unspecified atom stereocenters. The normalized spacial score (nSPS) is 17.9. The van der Waals surface area contributed by atoms with Crippen molar-refractivity contribution in [3.63, 3.8) is 0 Å². The van der Waals surface area contributed by atoms with Crippen molar-refractivity contribution >= 4 is 11.8 Å². The predicted molar refractivity (Wildman–Crippen MR) is 66.1 cm³/mol. The highest BCUT2D eigenvalue weighted by molar-refractivity contribution is 5.77. The van der Waals surface area contributed by atoms with Crippen LogP contribution in [-0.4, -0.2) is 23.9 Å². The fourth-order valence-corrected chi connectivity index (χ4v) is 2.29. The fraction of sp³-hybridized carbons (Fsp3) is 0.833. The molecule has 0 aromatic rings. The highest BCUT2D eigenvalue weighted by Crippen LogP contribution is 2.29. The zero-order valence-corrected chi connectivity index (χ0v) is 10.3. The lowest BCUT2D eigenvalue weighted by molar-refractivity contribution is -0.122. The van der Waals surface area contributed by atoms with E-state index in [4.69, 9.17) is 11.5 Å². The third kappa shape index (κ3) is 5.68. The van der Waals surface area contributed by atoms with Crippen LogP contribution in [0.2, 0.25) is 0 Å². The van der Waals surface area contributed by atoms with Gasteiger partial charge in [-0.15, -0.1) is 0 Å². The van der Waals surface area contributed by atoms with E-state index in [9.17, 15) is 9.59 Å². The van der Waals surface area contributed by atoms with Crippen LogP contribution < -0.4 is 16.8 Å². The maximum atomic E-state index is 11.6. The monoisotopic (exact) mass is 241 g/mol. The zero-order chi connectivity index (χ0) is 12.7. The van der Waals surface area contributed by atoms with E-state index in [1.54, 1.807) is 0 Å². The summed E-state index contributed by atoms with van der Waals surface area (Å²) in [6.45, 7) is 0.599. The van der Waals surface area contributed by atoms with E-state index in [2.05, 4.69) is 5.32 Å². The van der Waals surface area contributed by atoms with Crippen LogP contribution in [0.4, 0.5) is 0 Å². The van der Waals surface area contributed by atoms with Crippen molar-refractivity contribution in [2.45, 2.75) is 56.9 Å². The first-order chi connectivity index (χ1) is 8.02. The number of hydrogen-bond donors (Lipinski definition) is 3. The summed E-state index contributed by atoms with van der Waals surface area (Å²) in [4.78, 5) is 22.1. The van der Waals surface area contributed by atoms with Gasteiger partial charge in [-0.3, -0.25) is 9.59 Å². The largest absolute Gasteiger partial charge is 0.370 e. The van der Waals surface area contributed by atoms with Crippen molar-refractivity contribution in [3.05, 3.63) is 0 Å². The Morgan fingerprint density at radius 3 is 2.41 bits per heavy atom. The molecule has 0 heterocycles. The van der Waals surface area contributed by atoms with Gasteiger partial charge in [0, 0.05) is 24.9 Å². The van der Waals surface area contributed by atoms with Crippen molar-refractivity contribution < 1.29 is 9.59 Å². The first kappa shape index (κ1) is 14.0. The molecule has 1 saturated carbocycles. The summed E-state index contributed by atoms with van der Waals surface area (Å²) in [6, 6.07) is 0. The van der Waals surface area contributed by atoms with Crippen molar-refractivity contribution in [1.29, 1.82) is 0 Å². The van der Waals surface area contributed by atoms with Crippen LogP contribution in [0.15, 0.2) is 0 Å². The molecule has 5 N–H and O–H groups in total. The molecule has 0 spiro atoms. The molecule has 5 nitrogen and oxygen atoms in total. The summed E-state index contributed by atoms with van der Waals surface area (Å²) in [5, 5.41) is 2.84. The Kier molecular flexibility index (Phi) is 5.41. The summed E-state index contributed by atoms with van der Waals surface area (Å²) in [6.07, 6.45) is 6.46. The van der Waals surface area contributed by atoms with Gasteiger partial charge >= 0.3 is 0 Å². The summed E-state index contributed by atoms with van der Waals surface area (Å²) >= 11 is 0. The average molecular weight is 241 g/mol. The molecule has 0 bridgehead atoms. The van der Waals surface area contributed by atoms with Gasteiger partial charge in [0.05, 0.1) is 0 Å². The number of nitrogens with one attached hydrogen (secondary N) is 1. The Morgan fingerprint density at radius 1 is 1.18 bits per heavy atom. The first-order valence-electron chi connectivity index (χ1n) is 6.36. The second-order valence-electron chi connectivity index (χ2n) is 5.02. The maximum Gasteiger partial charge on any atom is 0.221 e. The van der Waals surface area contributed by atoms with E-state index in [1.807, 2.05) is 0 Å². The van der Waals surface area contributed by atoms with E-state index in [0.29, 0.717) is 19.4 Å². The molecule has 0 saturated heterocycles. The van der Waals surface area contributed by atoms with E-state index in [-0.39, 0.29) is 17.4 Å². The highest BCUT2D eigenvalue weighted by Gasteiger charge is 2.31. The van der Waals surface area contributed by atoms with Crippen LogP contribution >= 0.6 is 0 Å². The minimum atomic E-state index is -0.289. The molecule has 5 heteroatoms. The molecule has 98 valence electrons. The van der Waals surface area contributed by atoms with Crippen molar-refractivity contribution in [1.82, 2.24) is 5.32 Å². The van der Waals surface area contributed by atoms with Gasteiger partial charge in [0.2, 0.25) is 11.8 Å². The minimum absolute atomic E-state index is 0.0217. The Labute approximate surface area is 102 Å². The number of hydrogen-bond acceptors (Lipinski definition) is 3. The third-order valence-electron chi connectivity index (χ3n) is 3.28. The lowest BCUT2D eigenvalue weighted by Crippen LogP contribution is -2.42. The lowest BCUT2D eigenvalue weighted by atomic mass is 9.94.